The van der Waals surface area contributed by atoms with E-state index < -0.39 is 0 Å². The van der Waals surface area contributed by atoms with Crippen LogP contribution in [0.15, 0.2) is 12.4 Å². The summed E-state index contributed by atoms with van der Waals surface area (Å²) in [7, 11) is 0. The Morgan fingerprint density at radius 3 is 1.13 bits per heavy atom. The van der Waals surface area contributed by atoms with E-state index in [9.17, 15) is 0 Å². The third-order valence-corrected chi connectivity index (χ3v) is 6.82. The van der Waals surface area contributed by atoms with Gasteiger partial charge in [0.15, 0.2) is 0 Å². The van der Waals surface area contributed by atoms with E-state index >= 15 is 0 Å². The van der Waals surface area contributed by atoms with Gasteiger partial charge in [0, 0.05) is 25.5 Å². The highest BCUT2D eigenvalue weighted by Gasteiger charge is 2.24. The lowest BCUT2D eigenvalue weighted by molar-refractivity contribution is 0.136. The standard InChI is InChI=1S/C28H56N2/c1-4-7-10-12-14-15-16-17-18-20-22-25-30-27-26-29(28(30)23-9-6-3)24-21-19-13-11-8-5-2/h26-28H,4-25H2,1-3H3. The van der Waals surface area contributed by atoms with E-state index in [1.54, 1.807) is 0 Å². The normalized spacial score (nSPS) is 16.2. The van der Waals surface area contributed by atoms with E-state index in [0.717, 1.165) is 0 Å². The van der Waals surface area contributed by atoms with Gasteiger partial charge < -0.3 is 9.80 Å². The van der Waals surface area contributed by atoms with E-state index in [1.807, 2.05) is 0 Å². The number of hydrogen-bond acceptors (Lipinski definition) is 2. The lowest BCUT2D eigenvalue weighted by Gasteiger charge is -2.33. The summed E-state index contributed by atoms with van der Waals surface area (Å²) in [4.78, 5) is 5.30. The molecule has 0 bridgehead atoms. The molecule has 0 saturated heterocycles. The highest BCUT2D eigenvalue weighted by atomic mass is 15.4. The third-order valence-electron chi connectivity index (χ3n) is 6.82. The van der Waals surface area contributed by atoms with Crippen LogP contribution in [-0.2, 0) is 0 Å². The van der Waals surface area contributed by atoms with Crippen molar-refractivity contribution in [1.82, 2.24) is 9.80 Å². The Bertz CT molecular complexity index is 379. The molecule has 0 N–H and O–H groups in total. The van der Waals surface area contributed by atoms with Crippen LogP contribution < -0.4 is 0 Å². The van der Waals surface area contributed by atoms with Crippen LogP contribution in [0.25, 0.3) is 0 Å². The summed E-state index contributed by atoms with van der Waals surface area (Å²) >= 11 is 0. The summed E-state index contributed by atoms with van der Waals surface area (Å²) in [6.45, 7) is 9.45. The van der Waals surface area contributed by atoms with Crippen LogP contribution in [-0.4, -0.2) is 29.1 Å². The van der Waals surface area contributed by atoms with E-state index in [4.69, 9.17) is 0 Å². The zero-order valence-electron chi connectivity index (χ0n) is 21.2. The van der Waals surface area contributed by atoms with Gasteiger partial charge in [-0.2, -0.15) is 0 Å². The van der Waals surface area contributed by atoms with Gasteiger partial charge in [-0.15, -0.1) is 0 Å². The molecule has 1 heterocycles. The second kappa shape index (κ2) is 20.3. The van der Waals surface area contributed by atoms with E-state index in [-0.39, 0.29) is 0 Å². The Labute approximate surface area is 190 Å². The largest absolute Gasteiger partial charge is 0.356 e. The molecule has 178 valence electrons. The van der Waals surface area contributed by atoms with Gasteiger partial charge in [0.1, 0.15) is 6.17 Å². The van der Waals surface area contributed by atoms with Crippen molar-refractivity contribution in [1.29, 1.82) is 0 Å². The van der Waals surface area contributed by atoms with Crippen LogP contribution in [0.3, 0.4) is 0 Å². The fourth-order valence-electron chi connectivity index (χ4n) is 4.76. The van der Waals surface area contributed by atoms with Crippen LogP contribution in [0.1, 0.15) is 149 Å². The molecule has 2 heteroatoms. The molecule has 1 aliphatic rings. The van der Waals surface area contributed by atoms with Crippen molar-refractivity contribution in [3.8, 4) is 0 Å². The molecule has 0 aromatic carbocycles. The number of rotatable bonds is 22. The Kier molecular flexibility index (Phi) is 18.5. The minimum Gasteiger partial charge on any atom is -0.356 e. The van der Waals surface area contributed by atoms with Crippen molar-refractivity contribution in [3.63, 3.8) is 0 Å². The van der Waals surface area contributed by atoms with E-state index in [0.29, 0.717) is 6.17 Å². The highest BCUT2D eigenvalue weighted by Crippen LogP contribution is 2.23. The Morgan fingerprint density at radius 2 is 0.767 bits per heavy atom. The van der Waals surface area contributed by atoms with Crippen molar-refractivity contribution in [3.05, 3.63) is 12.4 Å². The number of hydrogen-bond donors (Lipinski definition) is 0. The third kappa shape index (κ3) is 13.6. The van der Waals surface area contributed by atoms with Gasteiger partial charge in [-0.1, -0.05) is 124 Å². The topological polar surface area (TPSA) is 6.48 Å². The van der Waals surface area contributed by atoms with Crippen LogP contribution in [0, 0.1) is 0 Å². The van der Waals surface area contributed by atoms with Gasteiger partial charge in [0.2, 0.25) is 0 Å². The molecular formula is C28H56N2. The van der Waals surface area contributed by atoms with Gasteiger partial charge in [-0.25, -0.2) is 0 Å². The van der Waals surface area contributed by atoms with Gasteiger partial charge in [-0.3, -0.25) is 0 Å². The van der Waals surface area contributed by atoms with Gasteiger partial charge >= 0.3 is 0 Å². The summed E-state index contributed by atoms with van der Waals surface area (Å²) in [5.74, 6) is 0. The predicted octanol–water partition coefficient (Wildman–Crippen LogP) is 9.26. The first-order valence-electron chi connectivity index (χ1n) is 14.0. The molecule has 0 aromatic rings. The van der Waals surface area contributed by atoms with Gasteiger partial charge in [0.05, 0.1) is 0 Å². The zero-order chi connectivity index (χ0) is 21.7. The molecule has 0 radical (unpaired) electrons. The minimum absolute atomic E-state index is 0.642. The van der Waals surface area contributed by atoms with E-state index in [2.05, 4.69) is 43.0 Å². The average Bonchev–Trinajstić information content (AvgIpc) is 3.14. The first-order valence-corrected chi connectivity index (χ1v) is 14.0. The minimum atomic E-state index is 0.642. The summed E-state index contributed by atoms with van der Waals surface area (Å²) in [5.41, 5.74) is 0. The Morgan fingerprint density at radius 1 is 0.433 bits per heavy atom. The van der Waals surface area contributed by atoms with Crippen molar-refractivity contribution >= 4 is 0 Å². The molecule has 0 saturated carbocycles. The Balaban J connectivity index is 2.11. The molecule has 0 fully saturated rings. The maximum absolute atomic E-state index is 2.65. The Hall–Kier alpha value is -0.660. The molecule has 0 amide bonds. The van der Waals surface area contributed by atoms with Crippen molar-refractivity contribution < 1.29 is 0 Å². The SMILES string of the molecule is CCCCCCCCCCCCCN1C=CN(CCCCCCCC)C1CCCC. The van der Waals surface area contributed by atoms with Crippen LogP contribution in [0.2, 0.25) is 0 Å². The maximum Gasteiger partial charge on any atom is 0.101 e. The molecule has 1 aliphatic heterocycles. The molecule has 0 aliphatic carbocycles. The monoisotopic (exact) mass is 420 g/mol. The fourth-order valence-corrected chi connectivity index (χ4v) is 4.76. The first kappa shape index (κ1) is 27.4. The molecule has 1 unspecified atom stereocenters. The predicted molar refractivity (Wildman–Crippen MR) is 136 cm³/mol. The van der Waals surface area contributed by atoms with Crippen LogP contribution in [0.4, 0.5) is 0 Å². The summed E-state index contributed by atoms with van der Waals surface area (Å²) in [6, 6.07) is 0. The second-order valence-electron chi connectivity index (χ2n) is 9.70. The van der Waals surface area contributed by atoms with Crippen molar-refractivity contribution in [2.75, 3.05) is 13.1 Å². The molecular weight excluding hydrogens is 364 g/mol. The second-order valence-corrected chi connectivity index (χ2v) is 9.70. The first-order chi connectivity index (χ1) is 14.8. The fraction of sp³-hybridized carbons (Fsp3) is 0.929. The zero-order valence-corrected chi connectivity index (χ0v) is 21.2. The smallest absolute Gasteiger partial charge is 0.101 e. The molecule has 0 spiro atoms. The van der Waals surface area contributed by atoms with Crippen LogP contribution in [0.5, 0.6) is 0 Å². The maximum atomic E-state index is 2.65. The lowest BCUT2D eigenvalue weighted by Crippen LogP contribution is -2.39. The van der Waals surface area contributed by atoms with Crippen molar-refractivity contribution in [2.24, 2.45) is 0 Å². The van der Waals surface area contributed by atoms with Gasteiger partial charge in [0.25, 0.3) is 0 Å². The van der Waals surface area contributed by atoms with Gasteiger partial charge in [-0.05, 0) is 25.7 Å². The van der Waals surface area contributed by atoms with E-state index in [1.165, 1.54) is 142 Å². The summed E-state index contributed by atoms with van der Waals surface area (Å²) in [6.07, 6.45) is 33.6. The molecule has 30 heavy (non-hydrogen) atoms. The summed E-state index contributed by atoms with van der Waals surface area (Å²) < 4.78 is 0. The molecule has 1 atom stereocenters. The van der Waals surface area contributed by atoms with Crippen molar-refractivity contribution in [2.45, 2.75) is 155 Å². The number of unbranched alkanes of at least 4 members (excludes halogenated alkanes) is 16. The molecule has 0 aromatic heterocycles. The van der Waals surface area contributed by atoms with Crippen LogP contribution >= 0.6 is 0 Å². The highest BCUT2D eigenvalue weighted by molar-refractivity contribution is 4.96. The lowest BCUT2D eigenvalue weighted by atomic mass is 10.1. The average molecular weight is 421 g/mol. The quantitative estimate of drug-likeness (QED) is 0.161. The summed E-state index contributed by atoms with van der Waals surface area (Å²) in [5, 5.41) is 0. The molecule has 2 nitrogen and oxygen atoms in total. The molecule has 1 rings (SSSR count). The number of nitrogens with zero attached hydrogens (tertiary/aromatic N) is 2.